The summed E-state index contributed by atoms with van der Waals surface area (Å²) in [5, 5.41) is 10.5. The minimum atomic E-state index is -1.25. The first-order chi connectivity index (χ1) is 7.70. The maximum Gasteiger partial charge on any atom is 0.494 e. The average molecular weight is 217 g/mol. The fourth-order valence-corrected chi connectivity index (χ4v) is 1.49. The van der Waals surface area contributed by atoms with Crippen LogP contribution in [-0.4, -0.2) is 25.8 Å². The van der Waals surface area contributed by atoms with Crippen LogP contribution in [0.25, 0.3) is 6.08 Å². The molecule has 0 bridgehead atoms. The highest BCUT2D eigenvalue weighted by atomic mass is 16.7. The summed E-state index contributed by atoms with van der Waals surface area (Å²) in [5.74, 6) is -1.25. The maximum atomic E-state index is 10.5. The fourth-order valence-electron chi connectivity index (χ4n) is 1.49. The molecule has 1 aromatic carbocycles. The van der Waals surface area contributed by atoms with Crippen molar-refractivity contribution in [2.24, 2.45) is 0 Å². The number of rotatable bonds is 3. The van der Waals surface area contributed by atoms with Crippen molar-refractivity contribution in [1.29, 1.82) is 0 Å². The van der Waals surface area contributed by atoms with E-state index < -0.39 is 19.2 Å². The molecule has 0 amide bonds. The van der Waals surface area contributed by atoms with Crippen LogP contribution in [0.2, 0.25) is 0 Å². The van der Waals surface area contributed by atoms with E-state index in [9.17, 15) is 9.90 Å². The summed E-state index contributed by atoms with van der Waals surface area (Å²) in [6.07, 6.45) is 0.744. The standard InChI is InChI=1S/C11H11BO4/c1-2-8-3-5-9(6-4-8)12-15-7-10(16-12)11(13)14/h2-6,10H,1,7H2,(H,13,14)/p-1. The molecule has 1 aliphatic rings. The highest BCUT2D eigenvalue weighted by molar-refractivity contribution is 6.62. The van der Waals surface area contributed by atoms with E-state index in [1.165, 1.54) is 0 Å². The van der Waals surface area contributed by atoms with Crippen LogP contribution in [0.1, 0.15) is 5.56 Å². The molecule has 16 heavy (non-hydrogen) atoms. The van der Waals surface area contributed by atoms with Gasteiger partial charge in [-0.3, -0.25) is 0 Å². The summed E-state index contributed by atoms with van der Waals surface area (Å²) in [5.41, 5.74) is 1.77. The molecule has 2 rings (SSSR count). The highest BCUT2D eigenvalue weighted by Crippen LogP contribution is 2.09. The first-order valence-electron chi connectivity index (χ1n) is 4.91. The van der Waals surface area contributed by atoms with E-state index in [-0.39, 0.29) is 6.61 Å². The Morgan fingerprint density at radius 2 is 2.19 bits per heavy atom. The normalized spacial score (nSPS) is 19.8. The molecule has 0 spiro atoms. The number of carboxylic acids is 1. The van der Waals surface area contributed by atoms with Gasteiger partial charge in [-0.2, -0.15) is 0 Å². The summed E-state index contributed by atoms with van der Waals surface area (Å²) in [7, 11) is -0.623. The lowest BCUT2D eigenvalue weighted by molar-refractivity contribution is -0.313. The predicted molar refractivity (Wildman–Crippen MR) is 57.8 cm³/mol. The van der Waals surface area contributed by atoms with Gasteiger partial charge in [-0.1, -0.05) is 36.9 Å². The molecule has 1 fully saturated rings. The van der Waals surface area contributed by atoms with Gasteiger partial charge in [0.05, 0.1) is 12.6 Å². The van der Waals surface area contributed by atoms with Crippen molar-refractivity contribution in [3.63, 3.8) is 0 Å². The van der Waals surface area contributed by atoms with Gasteiger partial charge in [-0.25, -0.2) is 0 Å². The Morgan fingerprint density at radius 1 is 1.50 bits per heavy atom. The second-order valence-corrected chi connectivity index (χ2v) is 3.48. The lowest BCUT2D eigenvalue weighted by atomic mass is 9.79. The Morgan fingerprint density at radius 3 is 2.69 bits per heavy atom. The van der Waals surface area contributed by atoms with Crippen LogP contribution in [0.5, 0.6) is 0 Å². The third-order valence-corrected chi connectivity index (χ3v) is 2.39. The van der Waals surface area contributed by atoms with Crippen LogP contribution in [0.4, 0.5) is 0 Å². The number of aliphatic carboxylic acids is 1. The summed E-state index contributed by atoms with van der Waals surface area (Å²) in [6.45, 7) is 3.67. The van der Waals surface area contributed by atoms with Gasteiger partial charge in [0.2, 0.25) is 0 Å². The van der Waals surface area contributed by atoms with Crippen molar-refractivity contribution in [3.05, 3.63) is 36.4 Å². The minimum Gasteiger partial charge on any atom is -0.547 e. The van der Waals surface area contributed by atoms with Gasteiger partial charge in [-0.15, -0.1) is 0 Å². The number of hydrogen-bond donors (Lipinski definition) is 0. The lowest BCUT2D eigenvalue weighted by Gasteiger charge is -2.09. The van der Waals surface area contributed by atoms with Gasteiger partial charge in [-0.05, 0) is 11.0 Å². The molecule has 0 aromatic heterocycles. The smallest absolute Gasteiger partial charge is 0.494 e. The summed E-state index contributed by atoms with van der Waals surface area (Å²) >= 11 is 0. The fraction of sp³-hybridized carbons (Fsp3) is 0.182. The van der Waals surface area contributed by atoms with Gasteiger partial charge in [0, 0.05) is 0 Å². The Kier molecular flexibility index (Phi) is 3.08. The quantitative estimate of drug-likeness (QED) is 0.621. The van der Waals surface area contributed by atoms with Crippen LogP contribution < -0.4 is 10.6 Å². The molecule has 5 heteroatoms. The van der Waals surface area contributed by atoms with E-state index in [1.54, 1.807) is 6.08 Å². The van der Waals surface area contributed by atoms with Gasteiger partial charge in [0.15, 0.2) is 0 Å². The Bertz CT molecular complexity index is 401. The molecular formula is C11H10BO4-. The largest absolute Gasteiger partial charge is 0.547 e. The van der Waals surface area contributed by atoms with Crippen molar-refractivity contribution in [1.82, 2.24) is 0 Å². The van der Waals surface area contributed by atoms with Gasteiger partial charge >= 0.3 is 7.12 Å². The minimum absolute atomic E-state index is 0.0240. The van der Waals surface area contributed by atoms with Crippen molar-refractivity contribution >= 4 is 24.6 Å². The summed E-state index contributed by atoms with van der Waals surface area (Å²) in [4.78, 5) is 10.5. The van der Waals surface area contributed by atoms with E-state index in [0.29, 0.717) is 0 Å². The van der Waals surface area contributed by atoms with E-state index >= 15 is 0 Å². The van der Waals surface area contributed by atoms with Crippen LogP contribution in [0.3, 0.4) is 0 Å². The number of carbonyl (C=O) groups excluding carboxylic acids is 1. The predicted octanol–water partition coefficient (Wildman–Crippen LogP) is -0.810. The van der Waals surface area contributed by atoms with Gasteiger partial charge in [0.25, 0.3) is 0 Å². The van der Waals surface area contributed by atoms with Gasteiger partial charge < -0.3 is 19.2 Å². The zero-order valence-electron chi connectivity index (χ0n) is 8.59. The monoisotopic (exact) mass is 217 g/mol. The molecular weight excluding hydrogens is 207 g/mol. The summed E-state index contributed by atoms with van der Waals surface area (Å²) < 4.78 is 10.4. The van der Waals surface area contributed by atoms with Crippen molar-refractivity contribution in [2.45, 2.75) is 6.10 Å². The zero-order valence-corrected chi connectivity index (χ0v) is 8.59. The molecule has 1 heterocycles. The molecule has 4 nitrogen and oxygen atoms in total. The van der Waals surface area contributed by atoms with Crippen LogP contribution in [0, 0.1) is 0 Å². The average Bonchev–Trinajstić information content (AvgIpc) is 2.78. The zero-order chi connectivity index (χ0) is 11.5. The first kappa shape index (κ1) is 10.9. The molecule has 1 unspecified atom stereocenters. The Hall–Kier alpha value is -1.59. The third-order valence-electron chi connectivity index (χ3n) is 2.39. The second-order valence-electron chi connectivity index (χ2n) is 3.48. The first-order valence-corrected chi connectivity index (χ1v) is 4.91. The van der Waals surface area contributed by atoms with E-state index in [4.69, 9.17) is 9.31 Å². The molecule has 1 aliphatic heterocycles. The van der Waals surface area contributed by atoms with Crippen molar-refractivity contribution < 1.29 is 19.2 Å². The number of hydrogen-bond acceptors (Lipinski definition) is 4. The lowest BCUT2D eigenvalue weighted by Crippen LogP contribution is -2.39. The molecule has 0 saturated carbocycles. The van der Waals surface area contributed by atoms with E-state index in [1.807, 2.05) is 24.3 Å². The molecule has 1 atom stereocenters. The van der Waals surface area contributed by atoms with Gasteiger partial charge in [0.1, 0.15) is 6.10 Å². The number of benzene rings is 1. The molecule has 82 valence electrons. The Balaban J connectivity index is 2.08. The maximum absolute atomic E-state index is 10.5. The molecule has 1 aromatic rings. The molecule has 1 saturated heterocycles. The van der Waals surface area contributed by atoms with E-state index in [0.717, 1.165) is 11.0 Å². The number of carbonyl (C=O) groups is 1. The second kappa shape index (κ2) is 4.51. The molecule has 0 N–H and O–H groups in total. The third kappa shape index (κ3) is 2.15. The summed E-state index contributed by atoms with van der Waals surface area (Å²) in [6, 6.07) is 7.36. The van der Waals surface area contributed by atoms with Crippen LogP contribution >= 0.6 is 0 Å². The van der Waals surface area contributed by atoms with E-state index in [2.05, 4.69) is 6.58 Å². The molecule has 0 radical (unpaired) electrons. The molecule has 0 aliphatic carbocycles. The van der Waals surface area contributed by atoms with Crippen LogP contribution in [-0.2, 0) is 14.1 Å². The Labute approximate surface area is 93.6 Å². The highest BCUT2D eigenvalue weighted by Gasteiger charge is 2.33. The van der Waals surface area contributed by atoms with Crippen molar-refractivity contribution in [2.75, 3.05) is 6.61 Å². The topological polar surface area (TPSA) is 58.6 Å². The SMILES string of the molecule is C=Cc1ccc(B2OCC(C(=O)[O-])O2)cc1. The van der Waals surface area contributed by atoms with Crippen LogP contribution in [0.15, 0.2) is 30.8 Å². The van der Waals surface area contributed by atoms with Crippen molar-refractivity contribution in [3.8, 4) is 0 Å². The number of carboxylic acid groups (broad SMARTS) is 1.